The van der Waals surface area contributed by atoms with Gasteiger partial charge >= 0.3 is 0 Å². The van der Waals surface area contributed by atoms with Gasteiger partial charge in [-0.05, 0) is 86.1 Å². The van der Waals surface area contributed by atoms with Gasteiger partial charge in [0.1, 0.15) is 5.82 Å². The van der Waals surface area contributed by atoms with Crippen molar-refractivity contribution in [1.82, 2.24) is 9.55 Å². The molecule has 68 heavy (non-hydrogen) atoms. The zero-order chi connectivity index (χ0) is 47.7. The van der Waals surface area contributed by atoms with Crippen LogP contribution in [-0.2, 0) is 42.7 Å². The van der Waals surface area contributed by atoms with Gasteiger partial charge in [-0.3, -0.25) is 0 Å². The number of allylic oxidation sites excluding steroid dienone is 1. The van der Waals surface area contributed by atoms with Gasteiger partial charge in [-0.15, -0.1) is 48.1 Å². The number of anilines is 2. The van der Waals surface area contributed by atoms with E-state index < -0.39 is 0 Å². The Morgan fingerprint density at radius 1 is 0.500 bits per heavy atom. The van der Waals surface area contributed by atoms with E-state index in [0.29, 0.717) is 11.5 Å². The van der Waals surface area contributed by atoms with Crippen LogP contribution < -0.4 is 14.5 Å². The second-order valence-electron chi connectivity index (χ2n) is 22.5. The van der Waals surface area contributed by atoms with E-state index in [0.717, 1.165) is 44.7 Å². The third-order valence-corrected chi connectivity index (χ3v) is 13.8. The third kappa shape index (κ3) is 9.32. The number of hydrogen-bond acceptors (Lipinski definition) is 4. The normalized spacial score (nSPS) is 13.8. The minimum Gasteiger partial charge on any atom is -0.509 e. The second kappa shape index (κ2) is 17.9. The number of fused-ring (bicyclic) bond motifs is 3. The summed E-state index contributed by atoms with van der Waals surface area (Å²) in [5.41, 5.74) is 12.1. The van der Waals surface area contributed by atoms with Crippen LogP contribution in [0.3, 0.4) is 0 Å². The molecule has 0 bridgehead atoms. The number of pyridine rings is 1. The first-order valence-corrected chi connectivity index (χ1v) is 23.7. The fourth-order valence-corrected chi connectivity index (χ4v) is 9.27. The molecule has 0 N–H and O–H groups in total. The van der Waals surface area contributed by atoms with Crippen LogP contribution in [0.1, 0.15) is 123 Å². The predicted molar refractivity (Wildman–Crippen MR) is 281 cm³/mol. The molecular weight excluding hydrogens is 1010 g/mol. The van der Waals surface area contributed by atoms with Crippen molar-refractivity contribution in [2.24, 2.45) is 5.41 Å². The van der Waals surface area contributed by atoms with Gasteiger partial charge in [0, 0.05) is 71.9 Å². The first kappa shape index (κ1) is 48.6. The van der Waals surface area contributed by atoms with Crippen molar-refractivity contribution in [2.45, 2.75) is 112 Å². The number of hydrogen-bond donors (Lipinski definition) is 0. The average Bonchev–Trinajstić information content (AvgIpc) is 3.90. The van der Waals surface area contributed by atoms with E-state index in [2.05, 4.69) is 251 Å². The van der Waals surface area contributed by atoms with Crippen LogP contribution in [0.2, 0.25) is 0 Å². The Bertz CT molecular complexity index is 3110. The van der Waals surface area contributed by atoms with Crippen LogP contribution in [0.5, 0.6) is 11.5 Å². The van der Waals surface area contributed by atoms with E-state index in [1.165, 1.54) is 33.4 Å². The molecule has 8 aromatic rings. The number of rotatable bonds is 9. The molecule has 6 aromatic carbocycles. The molecule has 0 atom stereocenters. The summed E-state index contributed by atoms with van der Waals surface area (Å²) < 4.78 is 9.01. The molecule has 0 fully saturated rings. The standard InChI is InChI=1S/C62H65N4O.Pt/c1-58(2,3)46-33-47(59(4,5)6)35-49(34-46)64-40-56(60(7,8)9)65(41-64)48-25-20-26-50(38-48)67-51-28-29-52-53-36-44(61(10,11)42-21-16-14-17-22-42)27-30-54(53)66(55(52)39-51)57-37-45(31-32-63-57)62(12,13)43-23-18-15-19-24-43;/h14-37,40-41H,1-13H3;/q-3;. The molecule has 0 spiro atoms. The molecule has 352 valence electrons. The fourth-order valence-electron chi connectivity index (χ4n) is 9.27. The van der Waals surface area contributed by atoms with Crippen molar-refractivity contribution >= 4 is 33.2 Å². The largest absolute Gasteiger partial charge is 0.509 e. The van der Waals surface area contributed by atoms with E-state index >= 15 is 0 Å². The molecule has 0 amide bonds. The minimum atomic E-state index is -0.249. The first-order chi connectivity index (χ1) is 31.6. The summed E-state index contributed by atoms with van der Waals surface area (Å²) >= 11 is 0. The molecule has 9 rings (SSSR count). The molecule has 0 radical (unpaired) electrons. The molecule has 1 aliphatic rings. The van der Waals surface area contributed by atoms with Gasteiger partial charge in [0.15, 0.2) is 0 Å². The Morgan fingerprint density at radius 3 is 1.68 bits per heavy atom. The maximum Gasteiger partial charge on any atom is 0.135 e. The fraction of sp³-hybridized carbons (Fsp3) is 0.290. The summed E-state index contributed by atoms with van der Waals surface area (Å²) in [4.78, 5) is 9.56. The number of ether oxygens (including phenoxy) is 1. The summed E-state index contributed by atoms with van der Waals surface area (Å²) in [5, 5.41) is 2.22. The van der Waals surface area contributed by atoms with Crippen LogP contribution in [0.15, 0.2) is 158 Å². The molecule has 0 unspecified atom stereocenters. The number of benzene rings is 6. The van der Waals surface area contributed by atoms with Crippen LogP contribution in [0, 0.1) is 24.2 Å². The van der Waals surface area contributed by atoms with Gasteiger partial charge < -0.3 is 19.1 Å². The Kier molecular flexibility index (Phi) is 12.8. The minimum absolute atomic E-state index is 0. The number of nitrogens with zero attached hydrogens (tertiary/aromatic N) is 4. The van der Waals surface area contributed by atoms with Crippen molar-refractivity contribution < 1.29 is 25.8 Å². The Hall–Kier alpha value is -5.90. The Labute approximate surface area is 420 Å². The van der Waals surface area contributed by atoms with Gasteiger partial charge in [-0.1, -0.05) is 174 Å². The Morgan fingerprint density at radius 2 is 1.09 bits per heavy atom. The molecule has 0 aliphatic carbocycles. The third-order valence-electron chi connectivity index (χ3n) is 13.8. The van der Waals surface area contributed by atoms with Gasteiger partial charge in [0.2, 0.25) is 0 Å². The van der Waals surface area contributed by atoms with E-state index in [1.807, 2.05) is 24.4 Å². The molecule has 1 aliphatic heterocycles. The zero-order valence-electron chi connectivity index (χ0n) is 42.0. The summed E-state index contributed by atoms with van der Waals surface area (Å²) in [6.07, 6.45) is 4.20. The number of aromatic nitrogens is 2. The van der Waals surface area contributed by atoms with Crippen molar-refractivity contribution in [3.8, 4) is 17.3 Å². The van der Waals surface area contributed by atoms with Gasteiger partial charge in [-0.2, -0.15) is 12.1 Å². The van der Waals surface area contributed by atoms with E-state index in [1.54, 1.807) is 0 Å². The molecule has 6 heteroatoms. The molecule has 3 heterocycles. The van der Waals surface area contributed by atoms with Gasteiger partial charge in [-0.25, -0.2) is 4.98 Å². The quantitative estimate of drug-likeness (QED) is 0.135. The Balaban J connectivity index is 0.00000625. The molecule has 2 aromatic heterocycles. The smallest absolute Gasteiger partial charge is 0.135 e. The van der Waals surface area contributed by atoms with Crippen molar-refractivity contribution in [3.63, 3.8) is 0 Å². The van der Waals surface area contributed by atoms with Gasteiger partial charge in [0.05, 0.1) is 0 Å². The SMILES string of the molecule is CC(C)(C)C1=CN(c2cc(C(C)(C)C)cc(C(C)(C)C)c2)[CH-]N1c1[c-]c(Oc2[c-]c3c(cc2)c2cc(C(C)(C)c4ccccc4)ccc2n3-c2cc(C(C)(C)c3ccccc3)ccn2)ccc1.[Pt]. The molecule has 0 saturated carbocycles. The van der Waals surface area contributed by atoms with Gasteiger partial charge in [0.25, 0.3) is 0 Å². The maximum absolute atomic E-state index is 6.77. The second-order valence-corrected chi connectivity index (χ2v) is 22.5. The van der Waals surface area contributed by atoms with E-state index in [4.69, 9.17) is 9.72 Å². The van der Waals surface area contributed by atoms with Crippen LogP contribution in [-0.4, -0.2) is 9.55 Å². The van der Waals surface area contributed by atoms with Crippen LogP contribution >= 0.6 is 0 Å². The van der Waals surface area contributed by atoms with Crippen molar-refractivity contribution in [2.75, 3.05) is 9.80 Å². The summed E-state index contributed by atoms with van der Waals surface area (Å²) in [7, 11) is 0. The van der Waals surface area contributed by atoms with Crippen LogP contribution in [0.4, 0.5) is 11.4 Å². The van der Waals surface area contributed by atoms with E-state index in [9.17, 15) is 0 Å². The van der Waals surface area contributed by atoms with Crippen molar-refractivity contribution in [3.05, 3.63) is 210 Å². The monoisotopic (exact) mass is 1080 g/mol. The molecule has 5 nitrogen and oxygen atoms in total. The average molecular weight is 1080 g/mol. The molecular formula is C62H65N4OPt-3. The molecule has 0 saturated heterocycles. The van der Waals surface area contributed by atoms with E-state index in [-0.39, 0.29) is 48.1 Å². The summed E-state index contributed by atoms with van der Waals surface area (Å²) in [6.45, 7) is 31.9. The first-order valence-electron chi connectivity index (χ1n) is 23.7. The topological polar surface area (TPSA) is 33.5 Å². The van der Waals surface area contributed by atoms with Crippen molar-refractivity contribution in [1.29, 1.82) is 0 Å². The zero-order valence-corrected chi connectivity index (χ0v) is 44.3. The maximum atomic E-state index is 6.77. The van der Waals surface area contributed by atoms with Crippen LogP contribution in [0.25, 0.3) is 27.6 Å². The predicted octanol–water partition coefficient (Wildman–Crippen LogP) is 16.1. The summed E-state index contributed by atoms with van der Waals surface area (Å²) in [5.74, 6) is 2.04. The summed E-state index contributed by atoms with van der Waals surface area (Å²) in [6, 6.07) is 57.4.